The molecule has 126 valence electrons. The van der Waals surface area contributed by atoms with E-state index in [0.717, 1.165) is 43.6 Å². The second-order valence-corrected chi connectivity index (χ2v) is 6.07. The topological polar surface area (TPSA) is 56.7 Å². The van der Waals surface area contributed by atoms with Crippen LogP contribution in [0.2, 0.25) is 0 Å². The van der Waals surface area contributed by atoms with E-state index in [-0.39, 0.29) is 29.9 Å². The van der Waals surface area contributed by atoms with Crippen molar-refractivity contribution in [3.05, 3.63) is 29.8 Å². The highest BCUT2D eigenvalue weighted by molar-refractivity contribution is 14.0. The average molecular weight is 428 g/mol. The van der Waals surface area contributed by atoms with Crippen LogP contribution < -0.4 is 15.5 Å². The maximum absolute atomic E-state index is 11.7. The molecule has 1 saturated heterocycles. The van der Waals surface area contributed by atoms with E-state index in [2.05, 4.69) is 27.8 Å². The molecule has 2 N–H and O–H groups in total. The first-order valence-corrected chi connectivity index (χ1v) is 8.10. The minimum absolute atomic E-state index is 0. The summed E-state index contributed by atoms with van der Waals surface area (Å²) in [5.74, 6) is 1.91. The fourth-order valence-electron chi connectivity index (χ4n) is 2.68. The zero-order valence-electron chi connectivity index (χ0n) is 13.5. The van der Waals surface area contributed by atoms with Gasteiger partial charge in [0, 0.05) is 38.8 Å². The number of carbonyl (C=O) groups is 1. The predicted molar refractivity (Wildman–Crippen MR) is 104 cm³/mol. The van der Waals surface area contributed by atoms with Gasteiger partial charge in [-0.25, -0.2) is 0 Å². The van der Waals surface area contributed by atoms with E-state index in [1.54, 1.807) is 7.05 Å². The Balaban J connectivity index is 0.00000192. The number of carbonyl (C=O) groups excluding carboxylic acids is 1. The lowest BCUT2D eigenvalue weighted by atomic mass is 10.2. The number of amides is 1. The van der Waals surface area contributed by atoms with Gasteiger partial charge in [0.05, 0.1) is 0 Å². The SMILES string of the molecule is CN=C(NCc1ccc(N2CCCC2=O)cc1)NCC1CC1.I. The fourth-order valence-corrected chi connectivity index (χ4v) is 2.68. The van der Waals surface area contributed by atoms with Gasteiger partial charge in [-0.3, -0.25) is 9.79 Å². The molecule has 0 radical (unpaired) electrons. The van der Waals surface area contributed by atoms with E-state index >= 15 is 0 Å². The zero-order chi connectivity index (χ0) is 15.4. The van der Waals surface area contributed by atoms with Crippen molar-refractivity contribution >= 4 is 41.5 Å². The van der Waals surface area contributed by atoms with Crippen LogP contribution >= 0.6 is 24.0 Å². The van der Waals surface area contributed by atoms with Crippen LogP contribution in [0, 0.1) is 5.92 Å². The molecule has 1 amide bonds. The van der Waals surface area contributed by atoms with Gasteiger partial charge in [0.15, 0.2) is 5.96 Å². The average Bonchev–Trinajstić information content (AvgIpc) is 3.28. The molecule has 0 unspecified atom stereocenters. The van der Waals surface area contributed by atoms with Crippen LogP contribution in [0.3, 0.4) is 0 Å². The third kappa shape index (κ3) is 5.09. The van der Waals surface area contributed by atoms with Crippen LogP contribution in [0.25, 0.3) is 0 Å². The third-order valence-corrected chi connectivity index (χ3v) is 4.26. The molecule has 2 aliphatic rings. The molecule has 1 aliphatic heterocycles. The highest BCUT2D eigenvalue weighted by Crippen LogP contribution is 2.27. The number of benzene rings is 1. The number of aliphatic imine (C=N–C) groups is 1. The summed E-state index contributed by atoms with van der Waals surface area (Å²) in [5.41, 5.74) is 2.19. The van der Waals surface area contributed by atoms with Crippen LogP contribution in [-0.2, 0) is 11.3 Å². The second-order valence-electron chi connectivity index (χ2n) is 6.07. The van der Waals surface area contributed by atoms with Gasteiger partial charge in [-0.15, -0.1) is 24.0 Å². The number of nitrogens with one attached hydrogen (secondary N) is 2. The van der Waals surface area contributed by atoms with Crippen LogP contribution in [0.5, 0.6) is 0 Å². The molecular weight excluding hydrogens is 403 g/mol. The number of hydrogen-bond donors (Lipinski definition) is 2. The van der Waals surface area contributed by atoms with Crippen molar-refractivity contribution in [3.8, 4) is 0 Å². The molecule has 0 aromatic heterocycles. The van der Waals surface area contributed by atoms with Crippen LogP contribution in [-0.4, -0.2) is 32.0 Å². The highest BCUT2D eigenvalue weighted by Gasteiger charge is 2.22. The van der Waals surface area contributed by atoms with Crippen molar-refractivity contribution in [3.63, 3.8) is 0 Å². The number of halogens is 1. The van der Waals surface area contributed by atoms with E-state index in [9.17, 15) is 4.79 Å². The van der Waals surface area contributed by atoms with Crippen molar-refractivity contribution in [1.82, 2.24) is 10.6 Å². The number of anilines is 1. The van der Waals surface area contributed by atoms with Gasteiger partial charge in [0.2, 0.25) is 5.91 Å². The van der Waals surface area contributed by atoms with E-state index in [1.807, 2.05) is 17.0 Å². The summed E-state index contributed by atoms with van der Waals surface area (Å²) in [7, 11) is 1.80. The molecule has 1 heterocycles. The molecular formula is C17H25IN4O. The van der Waals surface area contributed by atoms with Gasteiger partial charge < -0.3 is 15.5 Å². The maximum Gasteiger partial charge on any atom is 0.227 e. The molecule has 6 heteroatoms. The summed E-state index contributed by atoms with van der Waals surface area (Å²) < 4.78 is 0. The lowest BCUT2D eigenvalue weighted by molar-refractivity contribution is -0.117. The van der Waals surface area contributed by atoms with Crippen molar-refractivity contribution in [1.29, 1.82) is 0 Å². The summed E-state index contributed by atoms with van der Waals surface area (Å²) in [6, 6.07) is 8.20. The summed E-state index contributed by atoms with van der Waals surface area (Å²) in [5, 5.41) is 6.67. The maximum atomic E-state index is 11.7. The van der Waals surface area contributed by atoms with E-state index in [0.29, 0.717) is 6.42 Å². The largest absolute Gasteiger partial charge is 0.356 e. The number of nitrogens with zero attached hydrogens (tertiary/aromatic N) is 2. The zero-order valence-corrected chi connectivity index (χ0v) is 15.9. The predicted octanol–water partition coefficient (Wildman–Crippen LogP) is 2.51. The molecule has 3 rings (SSSR count). The molecule has 0 spiro atoms. The first-order valence-electron chi connectivity index (χ1n) is 8.10. The van der Waals surface area contributed by atoms with Crippen molar-refractivity contribution in [2.45, 2.75) is 32.2 Å². The summed E-state index contributed by atoms with van der Waals surface area (Å²) in [6.07, 6.45) is 4.30. The molecule has 5 nitrogen and oxygen atoms in total. The Morgan fingerprint density at radius 3 is 2.57 bits per heavy atom. The van der Waals surface area contributed by atoms with E-state index < -0.39 is 0 Å². The number of hydrogen-bond acceptors (Lipinski definition) is 2. The number of rotatable bonds is 5. The quantitative estimate of drug-likeness (QED) is 0.431. The molecule has 0 atom stereocenters. The fraction of sp³-hybridized carbons (Fsp3) is 0.529. The van der Waals surface area contributed by atoms with Crippen molar-refractivity contribution in [2.75, 3.05) is 25.0 Å². The summed E-state index contributed by atoms with van der Waals surface area (Å²) in [4.78, 5) is 17.8. The van der Waals surface area contributed by atoms with Gasteiger partial charge in [-0.2, -0.15) is 0 Å². The van der Waals surface area contributed by atoms with Gasteiger partial charge in [-0.05, 0) is 42.9 Å². The van der Waals surface area contributed by atoms with Crippen LogP contribution in [0.4, 0.5) is 5.69 Å². The Kier molecular flexibility index (Phi) is 6.68. The summed E-state index contributed by atoms with van der Waals surface area (Å²) in [6.45, 7) is 2.59. The highest BCUT2D eigenvalue weighted by atomic mass is 127. The van der Waals surface area contributed by atoms with Gasteiger partial charge >= 0.3 is 0 Å². The number of guanidine groups is 1. The monoisotopic (exact) mass is 428 g/mol. The normalized spacial score (nSPS) is 17.9. The van der Waals surface area contributed by atoms with Crippen molar-refractivity contribution in [2.24, 2.45) is 10.9 Å². The smallest absolute Gasteiger partial charge is 0.227 e. The van der Waals surface area contributed by atoms with Crippen LogP contribution in [0.15, 0.2) is 29.3 Å². The van der Waals surface area contributed by atoms with Gasteiger partial charge in [-0.1, -0.05) is 12.1 Å². The lowest BCUT2D eigenvalue weighted by Crippen LogP contribution is -2.37. The van der Waals surface area contributed by atoms with Gasteiger partial charge in [0.1, 0.15) is 0 Å². The Morgan fingerprint density at radius 1 is 1.26 bits per heavy atom. The van der Waals surface area contributed by atoms with Gasteiger partial charge in [0.25, 0.3) is 0 Å². The molecule has 1 aromatic rings. The molecule has 1 aliphatic carbocycles. The first kappa shape index (κ1) is 18.0. The van der Waals surface area contributed by atoms with E-state index in [1.165, 1.54) is 18.4 Å². The molecule has 0 bridgehead atoms. The lowest BCUT2D eigenvalue weighted by Gasteiger charge is -2.16. The third-order valence-electron chi connectivity index (χ3n) is 4.26. The van der Waals surface area contributed by atoms with Crippen LogP contribution in [0.1, 0.15) is 31.2 Å². The minimum atomic E-state index is 0. The molecule has 23 heavy (non-hydrogen) atoms. The Labute approximate surface area is 154 Å². The Bertz CT molecular complexity index is 554. The standard InChI is InChI=1S/C17H24N4O.HI/c1-18-17(19-11-13-4-5-13)20-12-14-6-8-15(9-7-14)21-10-2-3-16(21)22;/h6-9,13H,2-5,10-12H2,1H3,(H2,18,19,20);1H. The first-order chi connectivity index (χ1) is 10.8. The Morgan fingerprint density at radius 2 is 2.00 bits per heavy atom. The summed E-state index contributed by atoms with van der Waals surface area (Å²) >= 11 is 0. The van der Waals surface area contributed by atoms with Crippen molar-refractivity contribution < 1.29 is 4.79 Å². The minimum Gasteiger partial charge on any atom is -0.356 e. The molecule has 1 aromatic carbocycles. The van der Waals surface area contributed by atoms with E-state index in [4.69, 9.17) is 0 Å². The molecule has 1 saturated carbocycles. The Hall–Kier alpha value is -1.31. The molecule has 2 fully saturated rings. The second kappa shape index (κ2) is 8.52.